The van der Waals surface area contributed by atoms with E-state index in [2.05, 4.69) is 5.32 Å². The highest BCUT2D eigenvalue weighted by Gasteiger charge is 2.36. The predicted octanol–water partition coefficient (Wildman–Crippen LogP) is 2.25. The maximum atomic E-state index is 11.8. The number of carboxylic acid groups (broad SMARTS) is 1. The number of aliphatic carboxylic acids is 1. The van der Waals surface area contributed by atoms with Gasteiger partial charge >= 0.3 is 5.97 Å². The van der Waals surface area contributed by atoms with Crippen LogP contribution in [-0.4, -0.2) is 23.5 Å². The van der Waals surface area contributed by atoms with Gasteiger partial charge in [-0.2, -0.15) is 0 Å². The Kier molecular flexibility index (Phi) is 4.16. The molecule has 2 N–H and O–H groups in total. The lowest BCUT2D eigenvalue weighted by Gasteiger charge is -2.26. The van der Waals surface area contributed by atoms with Crippen LogP contribution >= 0.6 is 11.3 Å². The number of thiophene rings is 1. The smallest absolute Gasteiger partial charge is 0.318 e. The summed E-state index contributed by atoms with van der Waals surface area (Å²) in [6, 6.07) is 3.98. The number of carbonyl (C=O) groups is 2. The van der Waals surface area contributed by atoms with Gasteiger partial charge in [-0.3, -0.25) is 9.59 Å². The van der Waals surface area contributed by atoms with Crippen LogP contribution < -0.4 is 5.32 Å². The molecule has 4 nitrogen and oxygen atoms in total. The molecule has 0 aliphatic carbocycles. The van der Waals surface area contributed by atoms with Crippen molar-refractivity contribution in [3.8, 4) is 0 Å². The number of amides is 1. The minimum atomic E-state index is -1.40. The molecule has 0 bridgehead atoms. The fraction of sp³-hybridized carbons (Fsp3) is 0.538. The van der Waals surface area contributed by atoms with Crippen molar-refractivity contribution in [1.29, 1.82) is 0 Å². The molecule has 1 rings (SSSR count). The van der Waals surface area contributed by atoms with Gasteiger partial charge in [-0.25, -0.2) is 0 Å². The van der Waals surface area contributed by atoms with Crippen molar-refractivity contribution in [2.45, 2.75) is 33.1 Å². The van der Waals surface area contributed by atoms with Crippen LogP contribution in [0.5, 0.6) is 0 Å². The van der Waals surface area contributed by atoms with Gasteiger partial charge in [0.2, 0.25) is 5.91 Å². The summed E-state index contributed by atoms with van der Waals surface area (Å²) in [5, 5.41) is 13.7. The van der Waals surface area contributed by atoms with Crippen LogP contribution in [0.25, 0.3) is 0 Å². The van der Waals surface area contributed by atoms with Crippen LogP contribution in [-0.2, 0) is 15.0 Å². The van der Waals surface area contributed by atoms with Crippen LogP contribution in [0.2, 0.25) is 0 Å². The standard InChI is InChI=1S/C13H19NO3S/c1-12(2,9-6-5-7-18-9)8-14-10(15)13(3,4)11(16)17/h5-7H,8H2,1-4H3,(H,14,15)(H,16,17). The van der Waals surface area contributed by atoms with E-state index >= 15 is 0 Å². The van der Waals surface area contributed by atoms with Crippen molar-refractivity contribution in [3.05, 3.63) is 22.4 Å². The molecular weight excluding hydrogens is 250 g/mol. The maximum absolute atomic E-state index is 11.8. The Bertz CT molecular complexity index is 435. The number of carbonyl (C=O) groups excluding carboxylic acids is 1. The SMILES string of the molecule is CC(C)(C(=O)O)C(=O)NCC(C)(C)c1cccs1. The number of hydrogen-bond donors (Lipinski definition) is 2. The number of hydrogen-bond acceptors (Lipinski definition) is 3. The average molecular weight is 269 g/mol. The van der Waals surface area contributed by atoms with E-state index in [0.717, 1.165) is 4.88 Å². The van der Waals surface area contributed by atoms with E-state index in [4.69, 9.17) is 5.11 Å². The van der Waals surface area contributed by atoms with Crippen molar-refractivity contribution < 1.29 is 14.7 Å². The third-order valence-electron chi connectivity index (χ3n) is 2.98. The van der Waals surface area contributed by atoms with Crippen LogP contribution in [0.4, 0.5) is 0 Å². The lowest BCUT2D eigenvalue weighted by atomic mass is 9.89. The number of rotatable bonds is 5. The minimum Gasteiger partial charge on any atom is -0.480 e. The zero-order chi connectivity index (χ0) is 14.0. The maximum Gasteiger partial charge on any atom is 0.318 e. The summed E-state index contributed by atoms with van der Waals surface area (Å²) in [5.41, 5.74) is -1.59. The van der Waals surface area contributed by atoms with Gasteiger partial charge in [0, 0.05) is 16.8 Å². The largest absolute Gasteiger partial charge is 0.480 e. The molecule has 5 heteroatoms. The molecular formula is C13H19NO3S. The molecule has 0 saturated heterocycles. The molecule has 1 aromatic heterocycles. The molecule has 1 aromatic rings. The van der Waals surface area contributed by atoms with E-state index < -0.39 is 17.3 Å². The fourth-order valence-corrected chi connectivity index (χ4v) is 2.22. The van der Waals surface area contributed by atoms with Crippen LogP contribution in [0.3, 0.4) is 0 Å². The van der Waals surface area contributed by atoms with Gasteiger partial charge < -0.3 is 10.4 Å². The fourth-order valence-electron chi connectivity index (χ4n) is 1.37. The van der Waals surface area contributed by atoms with Gasteiger partial charge in [0.05, 0.1) is 0 Å². The lowest BCUT2D eigenvalue weighted by molar-refractivity contribution is -0.153. The Balaban J connectivity index is 2.66. The molecule has 0 atom stereocenters. The topological polar surface area (TPSA) is 66.4 Å². The Morgan fingerprint density at radius 2 is 1.94 bits per heavy atom. The first-order valence-electron chi connectivity index (χ1n) is 5.73. The highest BCUT2D eigenvalue weighted by molar-refractivity contribution is 7.10. The van der Waals surface area contributed by atoms with Crippen LogP contribution in [0.1, 0.15) is 32.6 Å². The number of nitrogens with one attached hydrogen (secondary N) is 1. The lowest BCUT2D eigenvalue weighted by Crippen LogP contribution is -2.46. The molecule has 0 saturated carbocycles. The Labute approximate surface area is 111 Å². The molecule has 0 fully saturated rings. The molecule has 18 heavy (non-hydrogen) atoms. The molecule has 1 heterocycles. The molecule has 0 aliphatic rings. The molecule has 0 unspecified atom stereocenters. The highest BCUT2D eigenvalue weighted by atomic mass is 32.1. The molecule has 0 aliphatic heterocycles. The van der Waals surface area contributed by atoms with Crippen molar-refractivity contribution in [2.75, 3.05) is 6.54 Å². The summed E-state index contributed by atoms with van der Waals surface area (Å²) in [6.07, 6.45) is 0. The summed E-state index contributed by atoms with van der Waals surface area (Å²) >= 11 is 1.63. The van der Waals surface area contributed by atoms with Crippen molar-refractivity contribution >= 4 is 23.2 Å². The van der Waals surface area contributed by atoms with Crippen LogP contribution in [0.15, 0.2) is 17.5 Å². The first kappa shape index (κ1) is 14.7. The van der Waals surface area contributed by atoms with Gasteiger partial charge in [0.25, 0.3) is 0 Å². The summed E-state index contributed by atoms with van der Waals surface area (Å²) in [4.78, 5) is 24.0. The first-order chi connectivity index (χ1) is 8.18. The molecule has 100 valence electrons. The van der Waals surface area contributed by atoms with E-state index in [9.17, 15) is 9.59 Å². The van der Waals surface area contributed by atoms with Gasteiger partial charge in [0.1, 0.15) is 5.41 Å². The predicted molar refractivity (Wildman–Crippen MR) is 71.8 cm³/mol. The second kappa shape index (κ2) is 5.10. The first-order valence-corrected chi connectivity index (χ1v) is 6.61. The second-order valence-electron chi connectivity index (χ2n) is 5.47. The average Bonchev–Trinajstić information content (AvgIpc) is 2.79. The molecule has 0 aromatic carbocycles. The zero-order valence-electron chi connectivity index (χ0n) is 11.1. The van der Waals surface area contributed by atoms with Crippen LogP contribution in [0, 0.1) is 5.41 Å². The monoisotopic (exact) mass is 269 g/mol. The van der Waals surface area contributed by atoms with E-state index in [0.29, 0.717) is 6.54 Å². The Morgan fingerprint density at radius 1 is 1.33 bits per heavy atom. The van der Waals surface area contributed by atoms with Gasteiger partial charge in [0.15, 0.2) is 0 Å². The van der Waals surface area contributed by atoms with Crippen molar-refractivity contribution in [3.63, 3.8) is 0 Å². The van der Waals surface area contributed by atoms with Gasteiger partial charge in [-0.15, -0.1) is 11.3 Å². The van der Waals surface area contributed by atoms with E-state index in [1.54, 1.807) is 11.3 Å². The highest BCUT2D eigenvalue weighted by Crippen LogP contribution is 2.27. The zero-order valence-corrected chi connectivity index (χ0v) is 11.9. The number of carboxylic acids is 1. The summed E-state index contributed by atoms with van der Waals surface area (Å²) < 4.78 is 0. The summed E-state index contributed by atoms with van der Waals surface area (Å²) in [7, 11) is 0. The normalized spacial score (nSPS) is 12.2. The Morgan fingerprint density at radius 3 is 2.39 bits per heavy atom. The molecule has 1 amide bonds. The minimum absolute atomic E-state index is 0.196. The third kappa shape index (κ3) is 3.10. The summed E-state index contributed by atoms with van der Waals surface area (Å²) in [5.74, 6) is -1.58. The van der Waals surface area contributed by atoms with Gasteiger partial charge in [-0.05, 0) is 25.3 Å². The van der Waals surface area contributed by atoms with Gasteiger partial charge in [-0.1, -0.05) is 19.9 Å². The van der Waals surface area contributed by atoms with Crippen molar-refractivity contribution in [1.82, 2.24) is 5.32 Å². The Hall–Kier alpha value is -1.36. The van der Waals surface area contributed by atoms with E-state index in [1.165, 1.54) is 13.8 Å². The quantitative estimate of drug-likeness (QED) is 0.806. The molecule has 0 spiro atoms. The van der Waals surface area contributed by atoms with E-state index in [1.807, 2.05) is 31.4 Å². The van der Waals surface area contributed by atoms with E-state index in [-0.39, 0.29) is 5.41 Å². The second-order valence-corrected chi connectivity index (χ2v) is 6.42. The summed E-state index contributed by atoms with van der Waals surface area (Å²) in [6.45, 7) is 7.27. The molecule has 0 radical (unpaired) electrons. The van der Waals surface area contributed by atoms with Crippen molar-refractivity contribution in [2.24, 2.45) is 5.41 Å². The third-order valence-corrected chi connectivity index (χ3v) is 4.22.